The fourth-order valence-electron chi connectivity index (χ4n) is 3.19. The summed E-state index contributed by atoms with van der Waals surface area (Å²) in [4.78, 5) is 12.4. The van der Waals surface area contributed by atoms with Crippen molar-refractivity contribution in [1.29, 1.82) is 0 Å². The van der Waals surface area contributed by atoms with Crippen LogP contribution >= 0.6 is 0 Å². The van der Waals surface area contributed by atoms with Gasteiger partial charge in [0.1, 0.15) is 6.04 Å². The van der Waals surface area contributed by atoms with Crippen LogP contribution in [0.4, 0.5) is 5.69 Å². The minimum absolute atomic E-state index is 0.0233. The van der Waals surface area contributed by atoms with E-state index in [9.17, 15) is 13.2 Å². The molecule has 2 atom stereocenters. The second-order valence-corrected chi connectivity index (χ2v) is 9.00. The zero-order valence-electron chi connectivity index (χ0n) is 15.2. The maximum atomic E-state index is 12.4. The largest absolute Gasteiger partial charge is 0.371 e. The molecule has 1 aromatic carbocycles. The number of nitrogens with one attached hydrogen (secondary N) is 2. The van der Waals surface area contributed by atoms with Gasteiger partial charge in [-0.1, -0.05) is 18.2 Å². The number of amides is 1. The van der Waals surface area contributed by atoms with Gasteiger partial charge in [0, 0.05) is 6.04 Å². The van der Waals surface area contributed by atoms with Crippen molar-refractivity contribution in [3.05, 3.63) is 41.7 Å². The van der Waals surface area contributed by atoms with Crippen LogP contribution in [0.1, 0.15) is 24.7 Å². The van der Waals surface area contributed by atoms with Crippen LogP contribution < -0.4 is 10.6 Å². The number of anilines is 1. The van der Waals surface area contributed by atoms with Gasteiger partial charge in [0.15, 0.2) is 9.84 Å². The highest BCUT2D eigenvalue weighted by Crippen LogP contribution is 2.23. The number of sulfone groups is 1. The molecule has 3 rings (SSSR count). The SMILES string of the molecule is Cc1nn(-c2ccccc2)c(C)c1NC(C)C(=O)NC1CCS(=O)(=O)C1. The number of benzene rings is 1. The van der Waals surface area contributed by atoms with Crippen molar-refractivity contribution in [3.63, 3.8) is 0 Å². The Labute approximate surface area is 153 Å². The van der Waals surface area contributed by atoms with Crippen LogP contribution in [0.5, 0.6) is 0 Å². The van der Waals surface area contributed by atoms with Crippen molar-refractivity contribution in [1.82, 2.24) is 15.1 Å². The molecule has 2 N–H and O–H groups in total. The van der Waals surface area contributed by atoms with Crippen LogP contribution in [-0.4, -0.2) is 47.7 Å². The molecule has 2 aromatic rings. The molecule has 0 saturated carbocycles. The molecule has 0 bridgehead atoms. The Hall–Kier alpha value is -2.35. The maximum absolute atomic E-state index is 12.4. The Morgan fingerprint density at radius 1 is 1.27 bits per heavy atom. The molecule has 1 aliphatic heterocycles. The van der Waals surface area contributed by atoms with E-state index in [0.717, 1.165) is 22.8 Å². The van der Waals surface area contributed by atoms with Crippen molar-refractivity contribution < 1.29 is 13.2 Å². The summed E-state index contributed by atoms with van der Waals surface area (Å²) in [7, 11) is -3.01. The molecule has 0 spiro atoms. The van der Waals surface area contributed by atoms with E-state index in [1.54, 1.807) is 6.92 Å². The van der Waals surface area contributed by atoms with Crippen LogP contribution in [0, 0.1) is 13.8 Å². The van der Waals surface area contributed by atoms with Crippen LogP contribution in [0.3, 0.4) is 0 Å². The van der Waals surface area contributed by atoms with E-state index in [2.05, 4.69) is 15.7 Å². The molecule has 26 heavy (non-hydrogen) atoms. The minimum atomic E-state index is -3.01. The predicted octanol–water partition coefficient (Wildman–Crippen LogP) is 1.59. The third-order valence-electron chi connectivity index (χ3n) is 4.63. The molecule has 1 amide bonds. The molecule has 7 nitrogen and oxygen atoms in total. The lowest BCUT2D eigenvalue weighted by Crippen LogP contribution is -2.43. The van der Waals surface area contributed by atoms with Gasteiger partial charge >= 0.3 is 0 Å². The quantitative estimate of drug-likeness (QED) is 0.827. The van der Waals surface area contributed by atoms with Gasteiger partial charge < -0.3 is 10.6 Å². The van der Waals surface area contributed by atoms with E-state index in [0.29, 0.717) is 6.42 Å². The van der Waals surface area contributed by atoms with Gasteiger partial charge in [-0.2, -0.15) is 5.10 Å². The smallest absolute Gasteiger partial charge is 0.242 e. The molecular formula is C18H24N4O3S. The molecule has 8 heteroatoms. The summed E-state index contributed by atoms with van der Waals surface area (Å²) >= 11 is 0. The van der Waals surface area contributed by atoms with Crippen molar-refractivity contribution in [2.24, 2.45) is 0 Å². The third-order valence-corrected chi connectivity index (χ3v) is 6.39. The lowest BCUT2D eigenvalue weighted by Gasteiger charge is -2.18. The second kappa shape index (κ2) is 7.11. The predicted molar refractivity (Wildman–Crippen MR) is 101 cm³/mol. The average molecular weight is 376 g/mol. The summed E-state index contributed by atoms with van der Waals surface area (Å²) < 4.78 is 24.9. The Morgan fingerprint density at radius 3 is 2.58 bits per heavy atom. The highest BCUT2D eigenvalue weighted by atomic mass is 32.2. The topological polar surface area (TPSA) is 93.1 Å². The molecule has 1 saturated heterocycles. The maximum Gasteiger partial charge on any atom is 0.242 e. The van der Waals surface area contributed by atoms with E-state index < -0.39 is 15.9 Å². The number of hydrogen-bond acceptors (Lipinski definition) is 5. The average Bonchev–Trinajstić information content (AvgIpc) is 3.08. The standard InChI is InChI=1S/C18H24N4O3S/c1-12-17(14(3)22(21-12)16-7-5-4-6-8-16)19-13(2)18(23)20-15-9-10-26(24,25)11-15/h4-8,13,15,19H,9-11H2,1-3H3,(H,20,23). The summed E-state index contributed by atoms with van der Waals surface area (Å²) in [5, 5.41) is 10.6. The van der Waals surface area contributed by atoms with Crippen molar-refractivity contribution >= 4 is 21.4 Å². The Balaban J connectivity index is 1.70. The lowest BCUT2D eigenvalue weighted by atomic mass is 10.2. The number of hydrogen-bond donors (Lipinski definition) is 2. The number of para-hydroxylation sites is 1. The summed E-state index contributed by atoms with van der Waals surface area (Å²) in [6.45, 7) is 5.60. The number of rotatable bonds is 5. The van der Waals surface area contributed by atoms with E-state index >= 15 is 0 Å². The number of aryl methyl sites for hydroxylation is 1. The van der Waals surface area contributed by atoms with Gasteiger partial charge in [-0.3, -0.25) is 4.79 Å². The van der Waals surface area contributed by atoms with Crippen LogP contribution in [0.2, 0.25) is 0 Å². The molecule has 0 radical (unpaired) electrons. The van der Waals surface area contributed by atoms with Crippen LogP contribution in [0.25, 0.3) is 5.69 Å². The van der Waals surface area contributed by atoms with Crippen molar-refractivity contribution in [2.45, 2.75) is 39.3 Å². The normalized spacial score (nSPS) is 19.9. The van der Waals surface area contributed by atoms with E-state index in [1.165, 1.54) is 0 Å². The van der Waals surface area contributed by atoms with Crippen molar-refractivity contribution in [3.8, 4) is 5.69 Å². The Kier molecular flexibility index (Phi) is 5.04. The zero-order chi connectivity index (χ0) is 18.9. The van der Waals surface area contributed by atoms with E-state index in [-0.39, 0.29) is 23.5 Å². The molecule has 1 aromatic heterocycles. The molecule has 1 aliphatic rings. The Bertz CT molecular complexity index is 906. The van der Waals surface area contributed by atoms with E-state index in [1.807, 2.05) is 48.9 Å². The molecule has 0 aliphatic carbocycles. The first kappa shape index (κ1) is 18.4. The van der Waals surface area contributed by atoms with Crippen LogP contribution in [0.15, 0.2) is 30.3 Å². The first-order chi connectivity index (χ1) is 12.3. The lowest BCUT2D eigenvalue weighted by molar-refractivity contribution is -0.122. The summed E-state index contributed by atoms with van der Waals surface area (Å²) in [5.41, 5.74) is 3.48. The monoisotopic (exact) mass is 376 g/mol. The van der Waals surface area contributed by atoms with Gasteiger partial charge in [-0.05, 0) is 39.3 Å². The second-order valence-electron chi connectivity index (χ2n) is 6.77. The summed E-state index contributed by atoms with van der Waals surface area (Å²) in [6.07, 6.45) is 0.477. The fourth-order valence-corrected chi connectivity index (χ4v) is 4.86. The summed E-state index contributed by atoms with van der Waals surface area (Å²) in [5.74, 6) is -0.0459. The minimum Gasteiger partial charge on any atom is -0.371 e. The van der Waals surface area contributed by atoms with Gasteiger partial charge in [0.2, 0.25) is 5.91 Å². The van der Waals surface area contributed by atoms with Crippen LogP contribution in [-0.2, 0) is 14.6 Å². The molecule has 2 unspecified atom stereocenters. The molecular weight excluding hydrogens is 352 g/mol. The van der Waals surface area contributed by atoms with Gasteiger partial charge in [0.25, 0.3) is 0 Å². The number of carbonyl (C=O) groups excluding carboxylic acids is 1. The van der Waals surface area contributed by atoms with Gasteiger partial charge in [-0.15, -0.1) is 0 Å². The number of carbonyl (C=O) groups is 1. The van der Waals surface area contributed by atoms with E-state index in [4.69, 9.17) is 0 Å². The van der Waals surface area contributed by atoms with Gasteiger partial charge in [-0.25, -0.2) is 13.1 Å². The number of aromatic nitrogens is 2. The van der Waals surface area contributed by atoms with Gasteiger partial charge in [0.05, 0.1) is 34.3 Å². The highest BCUT2D eigenvalue weighted by molar-refractivity contribution is 7.91. The zero-order valence-corrected chi connectivity index (χ0v) is 16.0. The summed E-state index contributed by atoms with van der Waals surface area (Å²) in [6, 6.07) is 8.99. The third kappa shape index (κ3) is 3.90. The molecule has 2 heterocycles. The molecule has 1 fully saturated rings. The first-order valence-electron chi connectivity index (χ1n) is 8.66. The van der Waals surface area contributed by atoms with Crippen molar-refractivity contribution in [2.75, 3.05) is 16.8 Å². The fraction of sp³-hybridized carbons (Fsp3) is 0.444. The number of nitrogens with zero attached hydrogens (tertiary/aromatic N) is 2. The highest BCUT2D eigenvalue weighted by Gasteiger charge is 2.30. The molecule has 140 valence electrons. The Morgan fingerprint density at radius 2 is 1.96 bits per heavy atom. The first-order valence-corrected chi connectivity index (χ1v) is 10.5.